The Bertz CT molecular complexity index is 1230. The number of carbonyl (C=O) groups is 1. The molecule has 1 amide bonds. The van der Waals surface area contributed by atoms with Gasteiger partial charge in [0.25, 0.3) is 0 Å². The Labute approximate surface area is 184 Å². The summed E-state index contributed by atoms with van der Waals surface area (Å²) in [6.45, 7) is 3.40. The number of aryl methyl sites for hydroxylation is 1. The molecule has 4 aromatic rings. The van der Waals surface area contributed by atoms with Crippen LogP contribution in [0.25, 0.3) is 27.9 Å². The van der Waals surface area contributed by atoms with Crippen molar-refractivity contribution in [3.05, 3.63) is 54.1 Å². The topological polar surface area (TPSA) is 81.4 Å². The fourth-order valence-corrected chi connectivity index (χ4v) is 4.53. The van der Waals surface area contributed by atoms with Gasteiger partial charge in [-0.05, 0) is 31.9 Å². The van der Waals surface area contributed by atoms with Crippen LogP contribution in [0.5, 0.6) is 0 Å². The average molecular weight is 434 g/mol. The van der Waals surface area contributed by atoms with Crippen molar-refractivity contribution in [2.45, 2.75) is 31.0 Å². The first-order chi connectivity index (χ1) is 15.2. The number of fused-ring (bicyclic) bond motifs is 3. The van der Waals surface area contributed by atoms with Crippen molar-refractivity contribution in [3.8, 4) is 11.4 Å². The van der Waals surface area contributed by atoms with Crippen LogP contribution in [0.3, 0.4) is 0 Å². The number of benzene rings is 2. The first kappa shape index (κ1) is 20.0. The van der Waals surface area contributed by atoms with Gasteiger partial charge in [0, 0.05) is 24.1 Å². The number of thioether (sulfide) groups is 1. The monoisotopic (exact) mass is 433 g/mol. The fraction of sp³-hybridized carbons (Fsp3) is 0.304. The van der Waals surface area contributed by atoms with Crippen molar-refractivity contribution in [3.63, 3.8) is 0 Å². The van der Waals surface area contributed by atoms with Gasteiger partial charge >= 0.3 is 0 Å². The molecule has 1 aliphatic rings. The van der Waals surface area contributed by atoms with Gasteiger partial charge in [-0.15, -0.1) is 10.2 Å². The lowest BCUT2D eigenvalue weighted by Crippen LogP contribution is -2.32. The fourth-order valence-electron chi connectivity index (χ4n) is 3.76. The molecule has 0 bridgehead atoms. The van der Waals surface area contributed by atoms with Crippen LogP contribution >= 0.6 is 11.8 Å². The van der Waals surface area contributed by atoms with Crippen LogP contribution in [0.2, 0.25) is 0 Å². The summed E-state index contributed by atoms with van der Waals surface area (Å²) in [6.07, 6.45) is 2.19. The van der Waals surface area contributed by atoms with E-state index in [9.17, 15) is 4.79 Å². The third-order valence-electron chi connectivity index (χ3n) is 5.41. The van der Waals surface area contributed by atoms with Gasteiger partial charge < -0.3 is 10.1 Å². The zero-order valence-electron chi connectivity index (χ0n) is 17.2. The van der Waals surface area contributed by atoms with Crippen molar-refractivity contribution in [2.75, 3.05) is 18.9 Å². The summed E-state index contributed by atoms with van der Waals surface area (Å²) in [5.41, 5.74) is 3.76. The number of rotatable bonds is 6. The van der Waals surface area contributed by atoms with Crippen LogP contribution in [0.4, 0.5) is 0 Å². The molecule has 0 aliphatic carbocycles. The minimum absolute atomic E-state index is 0.0390. The Kier molecular flexibility index (Phi) is 5.57. The van der Waals surface area contributed by atoms with Crippen LogP contribution in [-0.4, -0.2) is 50.5 Å². The van der Waals surface area contributed by atoms with E-state index in [1.54, 1.807) is 0 Å². The average Bonchev–Trinajstić information content (AvgIpc) is 3.46. The maximum absolute atomic E-state index is 12.4. The van der Waals surface area contributed by atoms with Gasteiger partial charge in [0.1, 0.15) is 5.82 Å². The lowest BCUT2D eigenvalue weighted by atomic mass is 10.1. The quantitative estimate of drug-likeness (QED) is 0.468. The van der Waals surface area contributed by atoms with Crippen molar-refractivity contribution >= 4 is 34.2 Å². The summed E-state index contributed by atoms with van der Waals surface area (Å²) >= 11 is 1.36. The smallest absolute Gasteiger partial charge is 0.230 e. The number of para-hydroxylation sites is 1. The largest absolute Gasteiger partial charge is 0.376 e. The van der Waals surface area contributed by atoms with E-state index in [0.29, 0.717) is 11.7 Å². The molecule has 0 spiro atoms. The van der Waals surface area contributed by atoms with E-state index < -0.39 is 0 Å². The summed E-state index contributed by atoms with van der Waals surface area (Å²) in [5, 5.41) is 13.4. The second-order valence-corrected chi connectivity index (χ2v) is 8.63. The number of amides is 1. The molecule has 31 heavy (non-hydrogen) atoms. The number of ether oxygens (including phenoxy) is 1. The van der Waals surface area contributed by atoms with Crippen molar-refractivity contribution in [1.82, 2.24) is 24.9 Å². The van der Waals surface area contributed by atoms with Gasteiger partial charge in [-0.2, -0.15) is 0 Å². The van der Waals surface area contributed by atoms with Gasteiger partial charge in [0.15, 0.2) is 10.8 Å². The molecule has 5 rings (SSSR count). The van der Waals surface area contributed by atoms with Crippen LogP contribution in [0.15, 0.2) is 53.7 Å². The first-order valence-electron chi connectivity index (χ1n) is 10.4. The van der Waals surface area contributed by atoms with Gasteiger partial charge in [-0.25, -0.2) is 4.98 Å². The standard InChI is InChI=1S/C23H23N5O2S/c1-15-8-10-16(11-9-15)21-25-19-7-3-2-6-18(19)22-26-27-23(28(21)22)31-14-20(29)24-13-17-5-4-12-30-17/h2-3,6-11,17H,4-5,12-14H2,1H3,(H,24,29)/t17-/m1/s1. The first-order valence-corrected chi connectivity index (χ1v) is 11.4. The van der Waals surface area contributed by atoms with E-state index in [1.807, 2.05) is 28.7 Å². The molecule has 2 aromatic heterocycles. The van der Waals surface area contributed by atoms with E-state index in [0.717, 1.165) is 47.4 Å². The Hall–Kier alpha value is -2.97. The third-order valence-corrected chi connectivity index (χ3v) is 6.34. The third kappa shape index (κ3) is 4.13. The van der Waals surface area contributed by atoms with E-state index in [2.05, 4.69) is 46.7 Å². The van der Waals surface area contributed by atoms with Crippen LogP contribution in [-0.2, 0) is 9.53 Å². The number of hydrogen-bond acceptors (Lipinski definition) is 6. The highest BCUT2D eigenvalue weighted by atomic mass is 32.2. The summed E-state index contributed by atoms with van der Waals surface area (Å²) in [6, 6.07) is 16.1. The van der Waals surface area contributed by atoms with Crippen LogP contribution < -0.4 is 5.32 Å². The second-order valence-electron chi connectivity index (χ2n) is 7.69. The normalized spacial score (nSPS) is 16.2. The molecule has 1 N–H and O–H groups in total. The number of carbonyl (C=O) groups excluding carboxylic acids is 1. The lowest BCUT2D eigenvalue weighted by molar-refractivity contribution is -0.119. The Morgan fingerprint density at radius 2 is 2.03 bits per heavy atom. The van der Waals surface area contributed by atoms with Crippen molar-refractivity contribution in [1.29, 1.82) is 0 Å². The van der Waals surface area contributed by atoms with Gasteiger partial charge in [-0.1, -0.05) is 53.7 Å². The molecule has 0 radical (unpaired) electrons. The van der Waals surface area contributed by atoms with Gasteiger partial charge in [0.2, 0.25) is 5.91 Å². The van der Waals surface area contributed by atoms with E-state index in [4.69, 9.17) is 9.72 Å². The predicted octanol–water partition coefficient (Wildman–Crippen LogP) is 3.64. The highest BCUT2D eigenvalue weighted by Crippen LogP contribution is 2.29. The molecule has 3 heterocycles. The van der Waals surface area contributed by atoms with Crippen LogP contribution in [0, 0.1) is 6.92 Å². The molecular weight excluding hydrogens is 410 g/mol. The molecule has 1 atom stereocenters. The summed E-state index contributed by atoms with van der Waals surface area (Å²) in [4.78, 5) is 17.3. The number of nitrogens with one attached hydrogen (secondary N) is 1. The Morgan fingerprint density at radius 3 is 2.84 bits per heavy atom. The molecule has 2 aromatic carbocycles. The van der Waals surface area contributed by atoms with Gasteiger partial charge in [-0.3, -0.25) is 9.20 Å². The minimum atomic E-state index is -0.0390. The summed E-state index contributed by atoms with van der Waals surface area (Å²) in [7, 11) is 0. The molecule has 7 nitrogen and oxygen atoms in total. The zero-order valence-corrected chi connectivity index (χ0v) is 18.1. The van der Waals surface area contributed by atoms with E-state index in [-0.39, 0.29) is 17.8 Å². The summed E-state index contributed by atoms with van der Waals surface area (Å²) < 4.78 is 7.52. The maximum atomic E-state index is 12.4. The summed E-state index contributed by atoms with van der Waals surface area (Å²) in [5.74, 6) is 0.983. The molecule has 158 valence electrons. The highest BCUT2D eigenvalue weighted by Gasteiger charge is 2.19. The number of hydrogen-bond donors (Lipinski definition) is 1. The molecule has 1 aliphatic heterocycles. The molecule has 1 fully saturated rings. The van der Waals surface area contributed by atoms with E-state index in [1.165, 1.54) is 17.3 Å². The Morgan fingerprint density at radius 1 is 1.19 bits per heavy atom. The molecule has 8 heteroatoms. The molecule has 1 saturated heterocycles. The predicted molar refractivity (Wildman–Crippen MR) is 121 cm³/mol. The highest BCUT2D eigenvalue weighted by molar-refractivity contribution is 7.99. The second kappa shape index (κ2) is 8.64. The SMILES string of the molecule is Cc1ccc(-c2nc3ccccc3c3nnc(SCC(=O)NC[C@H]4CCCO4)n23)cc1. The molecule has 0 saturated carbocycles. The number of nitrogens with zero attached hydrogens (tertiary/aromatic N) is 4. The number of aromatic nitrogens is 4. The molecular formula is C23H23N5O2S. The molecule has 0 unspecified atom stereocenters. The lowest BCUT2D eigenvalue weighted by Gasteiger charge is -2.11. The van der Waals surface area contributed by atoms with E-state index >= 15 is 0 Å². The maximum Gasteiger partial charge on any atom is 0.230 e. The van der Waals surface area contributed by atoms with Crippen molar-refractivity contribution in [2.24, 2.45) is 0 Å². The Balaban J connectivity index is 1.46. The van der Waals surface area contributed by atoms with Crippen molar-refractivity contribution < 1.29 is 9.53 Å². The minimum Gasteiger partial charge on any atom is -0.376 e. The van der Waals surface area contributed by atoms with Gasteiger partial charge in [0.05, 0.1) is 17.4 Å². The van der Waals surface area contributed by atoms with Crippen LogP contribution in [0.1, 0.15) is 18.4 Å². The zero-order chi connectivity index (χ0) is 21.2.